The van der Waals surface area contributed by atoms with Gasteiger partial charge in [0.05, 0.1) is 18.1 Å². The maximum atomic E-state index is 13.8. The predicted molar refractivity (Wildman–Crippen MR) is 99.5 cm³/mol. The molecule has 2 aliphatic carbocycles. The molecule has 28 heavy (non-hydrogen) atoms. The van der Waals surface area contributed by atoms with Crippen LogP contribution >= 0.6 is 0 Å². The summed E-state index contributed by atoms with van der Waals surface area (Å²) in [4.78, 5) is 8.43. The van der Waals surface area contributed by atoms with Gasteiger partial charge in [-0.05, 0) is 48.8 Å². The normalized spacial score (nSPS) is 21.7. The number of rotatable bonds is 4. The van der Waals surface area contributed by atoms with Crippen molar-refractivity contribution in [2.24, 2.45) is 11.8 Å². The molecular weight excluding hydrogens is 370 g/mol. The maximum Gasteiger partial charge on any atom is 0.413 e. The number of fused-ring (bicyclic) bond motifs is 1. The van der Waals surface area contributed by atoms with Crippen LogP contribution in [0.2, 0.25) is 0 Å². The summed E-state index contributed by atoms with van der Waals surface area (Å²) in [5, 5.41) is 2.86. The molecule has 1 aromatic heterocycles. The molecular formula is C21H19F4N3. The van der Waals surface area contributed by atoms with E-state index in [1.807, 2.05) is 0 Å². The molecule has 0 radical (unpaired) electrons. The van der Waals surface area contributed by atoms with E-state index in [9.17, 15) is 17.6 Å². The zero-order chi connectivity index (χ0) is 19.9. The van der Waals surface area contributed by atoms with Crippen LogP contribution in [0, 0.1) is 17.7 Å². The van der Waals surface area contributed by atoms with Crippen molar-refractivity contribution in [2.75, 3.05) is 5.32 Å². The van der Waals surface area contributed by atoms with Crippen LogP contribution in [0.1, 0.15) is 36.9 Å². The third-order valence-electron chi connectivity index (χ3n) is 5.57. The summed E-state index contributed by atoms with van der Waals surface area (Å²) in [6.07, 6.45) is 0.962. The Labute approximate surface area is 160 Å². The Morgan fingerprint density at radius 1 is 1.11 bits per heavy atom. The highest BCUT2D eigenvalue weighted by Gasteiger charge is 2.48. The number of benzene rings is 1. The molecule has 0 spiro atoms. The van der Waals surface area contributed by atoms with E-state index in [1.54, 1.807) is 18.2 Å². The van der Waals surface area contributed by atoms with E-state index in [1.165, 1.54) is 18.5 Å². The van der Waals surface area contributed by atoms with Gasteiger partial charge >= 0.3 is 6.18 Å². The summed E-state index contributed by atoms with van der Waals surface area (Å²) in [6.45, 7) is 3.79. The van der Waals surface area contributed by atoms with Crippen LogP contribution in [-0.2, 0) is 0 Å². The Bertz CT molecular complexity index is 931. The Kier molecular flexibility index (Phi) is 4.69. The van der Waals surface area contributed by atoms with Gasteiger partial charge in [0.2, 0.25) is 0 Å². The molecule has 4 rings (SSSR count). The zero-order valence-corrected chi connectivity index (χ0v) is 15.1. The number of anilines is 1. The Balaban J connectivity index is 1.59. The number of nitrogens with zero attached hydrogens (tertiary/aromatic N) is 2. The standard InChI is InChI=1S/C21H19F4N3/c1-12(14-6-2-3-8-17(14)22)28-19-11-26-18(10-27-19)20-15-7-4-5-13(15)9-16(20)21(23,24)25/h2-3,6,8,10-11,13,15H,1,4-5,7,9H2,(H,27,28). The average Bonchev–Trinajstić information content (AvgIpc) is 3.23. The van der Waals surface area contributed by atoms with E-state index in [4.69, 9.17) is 0 Å². The van der Waals surface area contributed by atoms with Crippen molar-refractivity contribution < 1.29 is 17.6 Å². The fraction of sp³-hybridized carbons (Fsp3) is 0.333. The molecule has 0 bridgehead atoms. The first-order valence-electron chi connectivity index (χ1n) is 9.18. The van der Waals surface area contributed by atoms with Crippen molar-refractivity contribution in [2.45, 2.75) is 31.9 Å². The van der Waals surface area contributed by atoms with E-state index in [0.717, 1.165) is 19.3 Å². The summed E-state index contributed by atoms with van der Waals surface area (Å²) in [5.41, 5.74) is 0.686. The van der Waals surface area contributed by atoms with Crippen molar-refractivity contribution in [1.82, 2.24) is 9.97 Å². The molecule has 0 aliphatic heterocycles. The second-order valence-corrected chi connectivity index (χ2v) is 7.26. The van der Waals surface area contributed by atoms with E-state index in [0.29, 0.717) is 22.7 Å². The van der Waals surface area contributed by atoms with E-state index < -0.39 is 17.6 Å². The van der Waals surface area contributed by atoms with E-state index in [2.05, 4.69) is 21.9 Å². The van der Waals surface area contributed by atoms with Gasteiger partial charge in [-0.15, -0.1) is 0 Å². The number of halogens is 4. The molecule has 1 aromatic carbocycles. The molecule has 3 nitrogen and oxygen atoms in total. The van der Waals surface area contributed by atoms with Crippen molar-refractivity contribution in [3.05, 3.63) is 65.9 Å². The monoisotopic (exact) mass is 389 g/mol. The first-order valence-corrected chi connectivity index (χ1v) is 9.18. The van der Waals surface area contributed by atoms with Gasteiger partial charge in [-0.1, -0.05) is 25.1 Å². The highest BCUT2D eigenvalue weighted by molar-refractivity contribution is 5.75. The van der Waals surface area contributed by atoms with Gasteiger partial charge in [0, 0.05) is 16.8 Å². The molecule has 146 valence electrons. The molecule has 2 atom stereocenters. The molecule has 2 aromatic rings. The molecule has 0 saturated heterocycles. The number of hydrogen-bond acceptors (Lipinski definition) is 3. The smallest absolute Gasteiger partial charge is 0.339 e. The SMILES string of the molecule is C=C(Nc1cnc(C2=C(C(F)(F)F)CC3CCCC23)cn1)c1ccccc1F. The Hall–Kier alpha value is -2.70. The third-order valence-corrected chi connectivity index (χ3v) is 5.57. The summed E-state index contributed by atoms with van der Waals surface area (Å²) in [6, 6.07) is 6.15. The second kappa shape index (κ2) is 7.04. The molecule has 1 fully saturated rings. The van der Waals surface area contributed by atoms with Gasteiger partial charge < -0.3 is 5.32 Å². The van der Waals surface area contributed by atoms with Crippen molar-refractivity contribution in [3.8, 4) is 0 Å². The van der Waals surface area contributed by atoms with Crippen molar-refractivity contribution in [3.63, 3.8) is 0 Å². The second-order valence-electron chi connectivity index (χ2n) is 7.26. The van der Waals surface area contributed by atoms with Gasteiger partial charge in [-0.2, -0.15) is 13.2 Å². The highest BCUT2D eigenvalue weighted by Crippen LogP contribution is 2.54. The largest absolute Gasteiger partial charge is 0.413 e. The molecule has 1 saturated carbocycles. The van der Waals surface area contributed by atoms with Crippen molar-refractivity contribution in [1.29, 1.82) is 0 Å². The molecule has 1 N–H and O–H groups in total. The minimum Gasteiger partial charge on any atom is -0.339 e. The van der Waals surface area contributed by atoms with Crippen LogP contribution in [-0.4, -0.2) is 16.1 Å². The first kappa shape index (κ1) is 18.7. The van der Waals surface area contributed by atoms with Crippen LogP contribution in [0.25, 0.3) is 11.3 Å². The fourth-order valence-electron chi connectivity index (χ4n) is 4.33. The van der Waals surface area contributed by atoms with Crippen molar-refractivity contribution >= 4 is 17.1 Å². The topological polar surface area (TPSA) is 37.8 Å². The van der Waals surface area contributed by atoms with Gasteiger partial charge in [0.1, 0.15) is 11.6 Å². The highest BCUT2D eigenvalue weighted by atomic mass is 19.4. The van der Waals surface area contributed by atoms with Gasteiger partial charge in [0.15, 0.2) is 0 Å². The molecule has 2 aliphatic rings. The average molecular weight is 389 g/mol. The maximum absolute atomic E-state index is 13.8. The minimum absolute atomic E-state index is 0.0482. The van der Waals surface area contributed by atoms with Crippen LogP contribution in [0.15, 0.2) is 48.8 Å². The number of hydrogen-bond donors (Lipinski definition) is 1. The molecule has 7 heteroatoms. The lowest BCUT2D eigenvalue weighted by Crippen LogP contribution is -2.13. The molecule has 0 amide bonds. The lowest BCUT2D eigenvalue weighted by atomic mass is 9.93. The van der Waals surface area contributed by atoms with Crippen LogP contribution in [0.4, 0.5) is 23.4 Å². The van der Waals surface area contributed by atoms with Gasteiger partial charge in [0.25, 0.3) is 0 Å². The first-order chi connectivity index (χ1) is 13.3. The summed E-state index contributed by atoms with van der Waals surface area (Å²) < 4.78 is 54.4. The predicted octanol–water partition coefficient (Wildman–Crippen LogP) is 5.83. The van der Waals surface area contributed by atoms with Crippen LogP contribution in [0.5, 0.6) is 0 Å². The molecule has 1 heterocycles. The summed E-state index contributed by atoms with van der Waals surface area (Å²) in [5.74, 6) is -0.180. The van der Waals surface area contributed by atoms with Crippen LogP contribution in [0.3, 0.4) is 0 Å². The number of nitrogens with one attached hydrogen (secondary N) is 1. The van der Waals surface area contributed by atoms with E-state index >= 15 is 0 Å². The van der Waals surface area contributed by atoms with Crippen LogP contribution < -0.4 is 5.32 Å². The Morgan fingerprint density at radius 3 is 2.57 bits per heavy atom. The molecule has 2 unspecified atom stereocenters. The zero-order valence-electron chi connectivity index (χ0n) is 15.1. The third kappa shape index (κ3) is 3.41. The number of alkyl halides is 3. The number of allylic oxidation sites excluding steroid dienone is 2. The quantitative estimate of drug-likeness (QED) is 0.668. The summed E-state index contributed by atoms with van der Waals surface area (Å²) in [7, 11) is 0. The fourth-order valence-corrected chi connectivity index (χ4v) is 4.33. The summed E-state index contributed by atoms with van der Waals surface area (Å²) >= 11 is 0. The van der Waals surface area contributed by atoms with Gasteiger partial charge in [-0.25, -0.2) is 9.37 Å². The lowest BCUT2D eigenvalue weighted by molar-refractivity contribution is -0.0933. The Morgan fingerprint density at radius 2 is 1.89 bits per heavy atom. The van der Waals surface area contributed by atoms with Gasteiger partial charge in [-0.3, -0.25) is 4.98 Å². The minimum atomic E-state index is -4.35. The number of aromatic nitrogens is 2. The van der Waals surface area contributed by atoms with E-state index in [-0.39, 0.29) is 24.0 Å². The lowest BCUT2D eigenvalue weighted by Gasteiger charge is -2.15.